The second-order valence-corrected chi connectivity index (χ2v) is 5.62. The molecule has 3 aromatic carbocycles. The van der Waals surface area contributed by atoms with Gasteiger partial charge in [-0.2, -0.15) is 0 Å². The quantitative estimate of drug-likeness (QED) is 0.335. The molecule has 0 bridgehead atoms. The molecule has 126 valence electrons. The molecule has 0 aliphatic carbocycles. The summed E-state index contributed by atoms with van der Waals surface area (Å²) in [5.41, 5.74) is 3.20. The molecule has 6 nitrogen and oxygen atoms in total. The maximum Gasteiger partial charge on any atom is 0.275 e. The van der Waals surface area contributed by atoms with Crippen molar-refractivity contribution in [2.24, 2.45) is 0 Å². The van der Waals surface area contributed by atoms with Crippen molar-refractivity contribution in [1.82, 2.24) is 5.48 Å². The highest BCUT2D eigenvalue weighted by Gasteiger charge is 2.17. The molecule has 0 atom stereocenters. The van der Waals surface area contributed by atoms with Crippen LogP contribution in [0, 0.1) is 6.92 Å². The topological polar surface area (TPSA) is 98.7 Å². The SMILES string of the molecule is Cc1ccc(O)c(NC(=O)c2cccc3cccc(C(=O)NO)c23)c1. The van der Waals surface area contributed by atoms with Crippen LogP contribution in [-0.2, 0) is 0 Å². The Morgan fingerprint density at radius 3 is 2.20 bits per heavy atom. The minimum Gasteiger partial charge on any atom is -0.506 e. The zero-order valence-corrected chi connectivity index (χ0v) is 13.4. The van der Waals surface area contributed by atoms with Gasteiger partial charge in [0.1, 0.15) is 5.75 Å². The molecule has 4 N–H and O–H groups in total. The number of carbonyl (C=O) groups excluding carboxylic acids is 2. The summed E-state index contributed by atoms with van der Waals surface area (Å²) in [5.74, 6) is -1.22. The number of nitrogens with one attached hydrogen (secondary N) is 2. The van der Waals surface area contributed by atoms with Gasteiger partial charge in [0.2, 0.25) is 0 Å². The van der Waals surface area contributed by atoms with Crippen LogP contribution in [0.15, 0.2) is 54.6 Å². The molecule has 0 aliphatic heterocycles. The van der Waals surface area contributed by atoms with E-state index in [0.29, 0.717) is 10.8 Å². The van der Waals surface area contributed by atoms with Crippen molar-refractivity contribution >= 4 is 28.3 Å². The summed E-state index contributed by atoms with van der Waals surface area (Å²) in [5, 5.41) is 22.6. The summed E-state index contributed by atoms with van der Waals surface area (Å²) in [4.78, 5) is 24.7. The summed E-state index contributed by atoms with van der Waals surface area (Å²) in [6, 6.07) is 14.9. The minimum atomic E-state index is -0.704. The monoisotopic (exact) mass is 336 g/mol. The van der Waals surface area contributed by atoms with Crippen LogP contribution in [0.2, 0.25) is 0 Å². The molecule has 2 amide bonds. The number of rotatable bonds is 3. The van der Waals surface area contributed by atoms with Crippen LogP contribution in [0.4, 0.5) is 5.69 Å². The first-order valence-corrected chi connectivity index (χ1v) is 7.58. The molecule has 0 aromatic heterocycles. The first-order valence-electron chi connectivity index (χ1n) is 7.58. The number of fused-ring (bicyclic) bond motifs is 1. The molecule has 0 aliphatic rings. The number of phenolic OH excluding ortho intramolecular Hbond substituents is 1. The van der Waals surface area contributed by atoms with E-state index >= 15 is 0 Å². The summed E-state index contributed by atoms with van der Waals surface area (Å²) in [6.45, 7) is 1.84. The zero-order chi connectivity index (χ0) is 18.0. The number of amides is 2. The van der Waals surface area contributed by atoms with Crippen LogP contribution in [0.25, 0.3) is 10.8 Å². The average Bonchev–Trinajstić information content (AvgIpc) is 2.63. The first kappa shape index (κ1) is 16.5. The summed E-state index contributed by atoms with van der Waals surface area (Å²) >= 11 is 0. The molecular formula is C19H16N2O4. The van der Waals surface area contributed by atoms with Gasteiger partial charge >= 0.3 is 0 Å². The van der Waals surface area contributed by atoms with Crippen LogP contribution in [0.5, 0.6) is 5.75 Å². The lowest BCUT2D eigenvalue weighted by Gasteiger charge is -2.12. The van der Waals surface area contributed by atoms with E-state index in [1.165, 1.54) is 12.1 Å². The summed E-state index contributed by atoms with van der Waals surface area (Å²) < 4.78 is 0. The highest BCUT2D eigenvalue weighted by Crippen LogP contribution is 2.27. The van der Waals surface area contributed by atoms with Crippen molar-refractivity contribution in [1.29, 1.82) is 0 Å². The Hall–Kier alpha value is -3.38. The second kappa shape index (κ2) is 6.62. The number of hydroxylamine groups is 1. The molecule has 0 saturated heterocycles. The van der Waals surface area contributed by atoms with Gasteiger partial charge in [0, 0.05) is 10.9 Å². The minimum absolute atomic E-state index is 0.0486. The summed E-state index contributed by atoms with van der Waals surface area (Å²) in [7, 11) is 0. The second-order valence-electron chi connectivity index (χ2n) is 5.62. The Morgan fingerprint density at radius 2 is 1.56 bits per heavy atom. The lowest BCUT2D eigenvalue weighted by atomic mass is 9.98. The van der Waals surface area contributed by atoms with Crippen molar-refractivity contribution in [2.75, 3.05) is 5.32 Å². The molecule has 0 spiro atoms. The number of hydrogen-bond acceptors (Lipinski definition) is 4. The van der Waals surface area contributed by atoms with E-state index in [-0.39, 0.29) is 22.6 Å². The van der Waals surface area contributed by atoms with Crippen molar-refractivity contribution in [3.05, 3.63) is 71.3 Å². The van der Waals surface area contributed by atoms with Gasteiger partial charge in [0.15, 0.2) is 0 Å². The number of aryl methyl sites for hydroxylation is 1. The van der Waals surface area contributed by atoms with E-state index in [0.717, 1.165) is 5.56 Å². The molecule has 6 heteroatoms. The van der Waals surface area contributed by atoms with Gasteiger partial charge in [0.05, 0.1) is 11.3 Å². The van der Waals surface area contributed by atoms with E-state index in [9.17, 15) is 14.7 Å². The smallest absolute Gasteiger partial charge is 0.275 e. The first-order chi connectivity index (χ1) is 12.0. The lowest BCUT2D eigenvalue weighted by molar-refractivity contribution is 0.0708. The fourth-order valence-electron chi connectivity index (χ4n) is 2.72. The molecule has 0 fully saturated rings. The van der Waals surface area contributed by atoms with Crippen molar-refractivity contribution in [3.8, 4) is 5.75 Å². The van der Waals surface area contributed by atoms with E-state index < -0.39 is 11.8 Å². The van der Waals surface area contributed by atoms with Crippen LogP contribution in [0.3, 0.4) is 0 Å². The van der Waals surface area contributed by atoms with Crippen LogP contribution < -0.4 is 10.8 Å². The van der Waals surface area contributed by atoms with E-state index in [1.807, 2.05) is 6.92 Å². The van der Waals surface area contributed by atoms with Crippen molar-refractivity contribution in [3.63, 3.8) is 0 Å². The van der Waals surface area contributed by atoms with Gasteiger partial charge in [-0.05, 0) is 42.1 Å². The lowest BCUT2D eigenvalue weighted by Crippen LogP contribution is -2.20. The largest absolute Gasteiger partial charge is 0.506 e. The predicted octanol–water partition coefficient (Wildman–Crippen LogP) is 3.23. The van der Waals surface area contributed by atoms with Crippen molar-refractivity contribution in [2.45, 2.75) is 6.92 Å². The van der Waals surface area contributed by atoms with Crippen LogP contribution >= 0.6 is 0 Å². The molecule has 0 radical (unpaired) electrons. The van der Waals surface area contributed by atoms with Gasteiger partial charge in [-0.25, -0.2) is 5.48 Å². The van der Waals surface area contributed by atoms with Crippen LogP contribution in [-0.4, -0.2) is 22.1 Å². The summed E-state index contributed by atoms with van der Waals surface area (Å²) in [6.07, 6.45) is 0. The Labute approximate surface area is 143 Å². The van der Waals surface area contributed by atoms with Crippen molar-refractivity contribution < 1.29 is 19.9 Å². The third kappa shape index (κ3) is 3.15. The Morgan fingerprint density at radius 1 is 0.920 bits per heavy atom. The fourth-order valence-corrected chi connectivity index (χ4v) is 2.72. The van der Waals surface area contributed by atoms with Gasteiger partial charge in [-0.3, -0.25) is 14.8 Å². The molecule has 0 saturated carbocycles. The number of benzene rings is 3. The highest BCUT2D eigenvalue weighted by molar-refractivity contribution is 6.18. The molecule has 3 rings (SSSR count). The molecule has 3 aromatic rings. The molecule has 25 heavy (non-hydrogen) atoms. The third-order valence-electron chi connectivity index (χ3n) is 3.90. The number of phenols is 1. The Balaban J connectivity index is 2.10. The van der Waals surface area contributed by atoms with Gasteiger partial charge < -0.3 is 10.4 Å². The van der Waals surface area contributed by atoms with Gasteiger partial charge in [-0.15, -0.1) is 0 Å². The average molecular weight is 336 g/mol. The highest BCUT2D eigenvalue weighted by atomic mass is 16.5. The molecule has 0 heterocycles. The zero-order valence-electron chi connectivity index (χ0n) is 13.4. The number of hydrogen-bond donors (Lipinski definition) is 4. The van der Waals surface area contributed by atoms with Gasteiger partial charge in [-0.1, -0.05) is 30.3 Å². The molecular weight excluding hydrogens is 320 g/mol. The Kier molecular flexibility index (Phi) is 4.36. The fraction of sp³-hybridized carbons (Fsp3) is 0.0526. The normalized spacial score (nSPS) is 10.5. The predicted molar refractivity (Wildman–Crippen MR) is 94.0 cm³/mol. The maximum atomic E-state index is 12.7. The van der Waals surface area contributed by atoms with E-state index in [2.05, 4.69) is 5.32 Å². The number of anilines is 1. The third-order valence-corrected chi connectivity index (χ3v) is 3.90. The standard InChI is InChI=1S/C19H16N2O4/c1-11-8-9-16(22)15(10-11)20-18(23)13-6-2-4-12-5-3-7-14(17(12)13)19(24)21-25/h2-10,22,25H,1H3,(H,20,23)(H,21,24). The molecule has 0 unspecified atom stereocenters. The maximum absolute atomic E-state index is 12.7. The van der Waals surface area contributed by atoms with Crippen LogP contribution in [0.1, 0.15) is 26.3 Å². The van der Waals surface area contributed by atoms with E-state index in [1.54, 1.807) is 47.9 Å². The Bertz CT molecular complexity index is 977. The number of aromatic hydroxyl groups is 1. The van der Waals surface area contributed by atoms with Gasteiger partial charge in [0.25, 0.3) is 11.8 Å². The van der Waals surface area contributed by atoms with E-state index in [4.69, 9.17) is 5.21 Å². The number of carbonyl (C=O) groups is 2.